The SMILES string of the molecule is C=c1cc(C)c(=C(O)C(C)(C)N(C)C)c(C)c1.CC.CCC.[Zn]. The summed E-state index contributed by atoms with van der Waals surface area (Å²) in [6.07, 6.45) is 1.25. The van der Waals surface area contributed by atoms with Gasteiger partial charge in [0.05, 0.1) is 5.54 Å². The fraction of sp³-hybridized carbons (Fsp3) is 0.600. The third kappa shape index (κ3) is 8.13. The minimum Gasteiger partial charge on any atom is -0.510 e. The van der Waals surface area contributed by atoms with E-state index in [2.05, 4.69) is 20.4 Å². The third-order valence-corrected chi connectivity index (χ3v) is 3.53. The van der Waals surface area contributed by atoms with Crippen molar-refractivity contribution in [1.29, 1.82) is 0 Å². The first kappa shape index (κ1) is 27.2. The van der Waals surface area contributed by atoms with Crippen LogP contribution in [0.2, 0.25) is 0 Å². The van der Waals surface area contributed by atoms with Crippen LogP contribution < -0.4 is 10.4 Å². The maximum atomic E-state index is 10.5. The Balaban J connectivity index is -0.000000596. The van der Waals surface area contributed by atoms with Gasteiger partial charge in [0.2, 0.25) is 0 Å². The number of likely N-dealkylation sites (N-methyl/N-ethyl adjacent to an activating group) is 1. The van der Waals surface area contributed by atoms with Crippen LogP contribution in [0.1, 0.15) is 59.1 Å². The smallest absolute Gasteiger partial charge is 0.120 e. The number of hydrogen-bond acceptors (Lipinski definition) is 2. The van der Waals surface area contributed by atoms with Gasteiger partial charge in [-0.1, -0.05) is 52.8 Å². The molecule has 130 valence electrons. The predicted molar refractivity (Wildman–Crippen MR) is 102 cm³/mol. The van der Waals surface area contributed by atoms with E-state index in [0.29, 0.717) is 5.76 Å². The summed E-state index contributed by atoms with van der Waals surface area (Å²) in [5.41, 5.74) is 1.77. The van der Waals surface area contributed by atoms with Gasteiger partial charge in [0.25, 0.3) is 0 Å². The number of nitrogens with zero attached hydrogens (tertiary/aromatic N) is 1. The Bertz CT molecular complexity index is 518. The number of hydrogen-bond donors (Lipinski definition) is 1. The number of aryl methyl sites for hydroxylation is 2. The zero-order valence-electron chi connectivity index (χ0n) is 17.2. The largest absolute Gasteiger partial charge is 0.510 e. The molecule has 0 bridgehead atoms. The molecule has 0 spiro atoms. The van der Waals surface area contributed by atoms with Crippen molar-refractivity contribution in [2.75, 3.05) is 14.1 Å². The minimum atomic E-state index is -0.377. The third-order valence-electron chi connectivity index (χ3n) is 3.53. The Labute approximate surface area is 157 Å². The van der Waals surface area contributed by atoms with Gasteiger partial charge in [-0.3, -0.25) is 4.90 Å². The molecule has 3 heteroatoms. The average molecular weight is 373 g/mol. The molecule has 0 heterocycles. The maximum absolute atomic E-state index is 10.5. The van der Waals surface area contributed by atoms with E-state index < -0.39 is 0 Å². The quantitative estimate of drug-likeness (QED) is 0.788. The van der Waals surface area contributed by atoms with Gasteiger partial charge in [-0.15, -0.1) is 0 Å². The molecule has 23 heavy (non-hydrogen) atoms. The van der Waals surface area contributed by atoms with E-state index in [1.54, 1.807) is 0 Å². The van der Waals surface area contributed by atoms with E-state index >= 15 is 0 Å². The van der Waals surface area contributed by atoms with Gasteiger partial charge < -0.3 is 5.11 Å². The second kappa shape index (κ2) is 12.7. The Hall–Kier alpha value is -0.657. The van der Waals surface area contributed by atoms with Gasteiger partial charge in [-0.25, -0.2) is 0 Å². The Morgan fingerprint density at radius 2 is 1.39 bits per heavy atom. The second-order valence-electron chi connectivity index (χ2n) is 6.11. The van der Waals surface area contributed by atoms with E-state index in [1.807, 2.05) is 72.7 Å². The summed E-state index contributed by atoms with van der Waals surface area (Å²) in [4.78, 5) is 2.01. The molecular formula is C20H37NOZn. The number of aliphatic hydroxyl groups is 1. The summed E-state index contributed by atoms with van der Waals surface area (Å²) in [7, 11) is 3.94. The standard InChI is InChI=1S/C15H23NO.C3H8.C2H6.Zn/c1-10-8-11(2)13(12(3)9-10)14(17)15(4,5)16(6)7;1-3-2;1-2;/h8-9,17H,1H2,2-7H3;3H2,1-2H3;1-2H3;. The molecule has 0 aliphatic heterocycles. The normalized spacial score (nSPS) is 9.87. The minimum absolute atomic E-state index is 0. The summed E-state index contributed by atoms with van der Waals surface area (Å²) in [5, 5.41) is 12.5. The Morgan fingerprint density at radius 1 is 1.09 bits per heavy atom. The molecule has 1 N–H and O–H groups in total. The molecule has 0 unspecified atom stereocenters. The molecule has 2 nitrogen and oxygen atoms in total. The van der Waals surface area contributed by atoms with E-state index in [-0.39, 0.29) is 25.0 Å². The molecule has 0 atom stereocenters. The van der Waals surface area contributed by atoms with Crippen LogP contribution in [0, 0.1) is 13.8 Å². The summed E-state index contributed by atoms with van der Waals surface area (Å²) >= 11 is 0. The predicted octanol–water partition coefficient (Wildman–Crippen LogP) is 4.16. The van der Waals surface area contributed by atoms with E-state index in [0.717, 1.165) is 21.6 Å². The van der Waals surface area contributed by atoms with Crippen molar-refractivity contribution in [3.63, 3.8) is 0 Å². The van der Waals surface area contributed by atoms with Crippen molar-refractivity contribution in [2.45, 2.75) is 67.3 Å². The molecule has 1 rings (SSSR count). The van der Waals surface area contributed by atoms with Gasteiger partial charge in [0.15, 0.2) is 0 Å². The molecule has 0 radical (unpaired) electrons. The number of aliphatic hydroxyl groups excluding tert-OH is 1. The van der Waals surface area contributed by atoms with Crippen LogP contribution in [0.25, 0.3) is 12.3 Å². The zero-order chi connectivity index (χ0) is 18.1. The van der Waals surface area contributed by atoms with Gasteiger partial charge >= 0.3 is 0 Å². The number of rotatable bonds is 2. The van der Waals surface area contributed by atoms with Crippen LogP contribution in [0.15, 0.2) is 12.1 Å². The summed E-state index contributed by atoms with van der Waals surface area (Å²) in [5.74, 6) is 0.414. The van der Waals surface area contributed by atoms with Gasteiger partial charge in [-0.05, 0) is 58.1 Å². The van der Waals surface area contributed by atoms with Crippen molar-refractivity contribution < 1.29 is 24.6 Å². The summed E-state index contributed by atoms with van der Waals surface area (Å²) in [6.45, 7) is 20.2. The molecular weight excluding hydrogens is 336 g/mol. The van der Waals surface area contributed by atoms with Crippen molar-refractivity contribution in [3.05, 3.63) is 33.7 Å². The van der Waals surface area contributed by atoms with Crippen LogP contribution in [-0.4, -0.2) is 29.6 Å². The molecule has 0 aliphatic rings. The van der Waals surface area contributed by atoms with Crippen LogP contribution >= 0.6 is 0 Å². The molecule has 0 aliphatic carbocycles. The van der Waals surface area contributed by atoms with Crippen molar-refractivity contribution in [3.8, 4) is 0 Å². The zero-order valence-corrected chi connectivity index (χ0v) is 20.1. The fourth-order valence-electron chi connectivity index (χ4n) is 1.94. The summed E-state index contributed by atoms with van der Waals surface area (Å²) in [6, 6.07) is 4.01. The van der Waals surface area contributed by atoms with Crippen LogP contribution in [0.3, 0.4) is 0 Å². The monoisotopic (exact) mass is 371 g/mol. The molecule has 0 saturated carbocycles. The first-order valence-corrected chi connectivity index (χ1v) is 8.26. The van der Waals surface area contributed by atoms with Crippen LogP contribution in [0.5, 0.6) is 0 Å². The molecule has 1 aromatic carbocycles. The molecule has 0 saturated heterocycles. The van der Waals surface area contributed by atoms with E-state index in [4.69, 9.17) is 0 Å². The van der Waals surface area contributed by atoms with Gasteiger partial charge in [0, 0.05) is 24.7 Å². The van der Waals surface area contributed by atoms with E-state index in [9.17, 15) is 5.11 Å². The van der Waals surface area contributed by atoms with Crippen LogP contribution in [0.4, 0.5) is 0 Å². The van der Waals surface area contributed by atoms with Crippen molar-refractivity contribution >= 4 is 12.3 Å². The second-order valence-corrected chi connectivity index (χ2v) is 6.11. The van der Waals surface area contributed by atoms with Crippen molar-refractivity contribution in [1.82, 2.24) is 4.90 Å². The van der Waals surface area contributed by atoms with E-state index in [1.165, 1.54) is 6.42 Å². The average Bonchev–Trinajstić information content (AvgIpc) is 2.40. The topological polar surface area (TPSA) is 23.5 Å². The Morgan fingerprint density at radius 3 is 1.65 bits per heavy atom. The first-order chi connectivity index (χ1) is 10.1. The Kier molecular flexibility index (Phi) is 15.1. The fourth-order valence-corrected chi connectivity index (χ4v) is 1.94. The molecule has 1 aromatic rings. The number of benzene rings is 1. The molecule has 0 fully saturated rings. The first-order valence-electron chi connectivity index (χ1n) is 8.26. The van der Waals surface area contributed by atoms with Gasteiger partial charge in [0.1, 0.15) is 5.76 Å². The maximum Gasteiger partial charge on any atom is 0.120 e. The van der Waals surface area contributed by atoms with Crippen LogP contribution in [-0.2, 0) is 19.5 Å². The molecule has 0 aromatic heterocycles. The van der Waals surface area contributed by atoms with Crippen molar-refractivity contribution in [2.24, 2.45) is 0 Å². The van der Waals surface area contributed by atoms with Gasteiger partial charge in [-0.2, -0.15) is 0 Å². The molecule has 0 amide bonds. The summed E-state index contributed by atoms with van der Waals surface area (Å²) < 4.78 is 0.